The highest BCUT2D eigenvalue weighted by Crippen LogP contribution is 2.30. The lowest BCUT2D eigenvalue weighted by Gasteiger charge is -2.28. The van der Waals surface area contributed by atoms with Crippen molar-refractivity contribution in [3.8, 4) is 5.75 Å². The first kappa shape index (κ1) is 14.2. The molecule has 1 fully saturated rings. The summed E-state index contributed by atoms with van der Waals surface area (Å²) < 4.78 is 5.90. The van der Waals surface area contributed by atoms with Gasteiger partial charge in [0.2, 0.25) is 0 Å². The molecule has 1 aliphatic carbocycles. The molecule has 1 aromatic rings. The Morgan fingerprint density at radius 1 is 1.16 bits per heavy atom. The summed E-state index contributed by atoms with van der Waals surface area (Å²) in [6.07, 6.45) is 5.23. The number of anilines is 1. The average molecular weight is 261 g/mol. The Morgan fingerprint density at radius 2 is 1.84 bits per heavy atom. The average Bonchev–Trinajstić information content (AvgIpc) is 2.40. The maximum Gasteiger partial charge on any atom is 0.142 e. The van der Waals surface area contributed by atoms with Gasteiger partial charge >= 0.3 is 0 Å². The van der Waals surface area contributed by atoms with E-state index in [1.165, 1.54) is 25.7 Å². The Balaban J connectivity index is 1.95. The third-order valence-electron chi connectivity index (χ3n) is 3.83. The Bertz CT molecular complexity index is 381. The summed E-state index contributed by atoms with van der Waals surface area (Å²) in [5, 5.41) is 3.67. The van der Waals surface area contributed by atoms with Gasteiger partial charge in [-0.25, -0.2) is 0 Å². The summed E-state index contributed by atoms with van der Waals surface area (Å²) >= 11 is 0. The van der Waals surface area contributed by atoms with E-state index < -0.39 is 0 Å². The fourth-order valence-corrected chi connectivity index (χ4v) is 2.59. The van der Waals surface area contributed by atoms with Crippen LogP contribution in [-0.2, 0) is 0 Å². The third-order valence-corrected chi connectivity index (χ3v) is 3.83. The first-order valence-corrected chi connectivity index (χ1v) is 7.63. The van der Waals surface area contributed by atoms with Crippen LogP contribution < -0.4 is 10.1 Å². The highest BCUT2D eigenvalue weighted by Gasteiger charge is 2.18. The maximum absolute atomic E-state index is 5.90. The van der Waals surface area contributed by atoms with Crippen molar-refractivity contribution in [2.75, 3.05) is 11.9 Å². The molecule has 0 aromatic heterocycles. The molecule has 19 heavy (non-hydrogen) atoms. The first-order valence-electron chi connectivity index (χ1n) is 7.63. The van der Waals surface area contributed by atoms with E-state index in [0.29, 0.717) is 12.0 Å². The highest BCUT2D eigenvalue weighted by atomic mass is 16.5. The second-order valence-electron chi connectivity index (χ2n) is 6.30. The van der Waals surface area contributed by atoms with Crippen LogP contribution in [-0.4, -0.2) is 12.6 Å². The molecule has 1 aromatic carbocycles. The fraction of sp³-hybridized carbons (Fsp3) is 0.647. The third kappa shape index (κ3) is 4.45. The van der Waals surface area contributed by atoms with Gasteiger partial charge in [0.05, 0.1) is 12.3 Å². The van der Waals surface area contributed by atoms with Crippen LogP contribution in [0, 0.1) is 11.8 Å². The Kier molecular flexibility index (Phi) is 5.12. The maximum atomic E-state index is 5.90. The number of hydrogen-bond donors (Lipinski definition) is 1. The number of nitrogens with one attached hydrogen (secondary N) is 1. The molecule has 2 rings (SSSR count). The van der Waals surface area contributed by atoms with Crippen LogP contribution in [0.15, 0.2) is 24.3 Å². The summed E-state index contributed by atoms with van der Waals surface area (Å²) in [5.41, 5.74) is 1.16. The van der Waals surface area contributed by atoms with E-state index in [9.17, 15) is 0 Å². The van der Waals surface area contributed by atoms with E-state index in [2.05, 4.69) is 44.3 Å². The second-order valence-corrected chi connectivity index (χ2v) is 6.30. The van der Waals surface area contributed by atoms with Gasteiger partial charge in [-0.1, -0.05) is 32.9 Å². The van der Waals surface area contributed by atoms with Gasteiger partial charge < -0.3 is 10.1 Å². The summed E-state index contributed by atoms with van der Waals surface area (Å²) in [6, 6.07) is 8.93. The molecule has 2 nitrogen and oxygen atoms in total. The molecule has 0 amide bonds. The van der Waals surface area contributed by atoms with Crippen molar-refractivity contribution in [3.63, 3.8) is 0 Å². The van der Waals surface area contributed by atoms with Crippen LogP contribution in [0.3, 0.4) is 0 Å². The van der Waals surface area contributed by atoms with E-state index in [4.69, 9.17) is 4.74 Å². The highest BCUT2D eigenvalue weighted by molar-refractivity contribution is 5.56. The topological polar surface area (TPSA) is 21.3 Å². The van der Waals surface area contributed by atoms with E-state index in [1.54, 1.807) is 0 Å². The van der Waals surface area contributed by atoms with Crippen molar-refractivity contribution >= 4 is 5.69 Å². The molecule has 0 radical (unpaired) electrons. The summed E-state index contributed by atoms with van der Waals surface area (Å²) in [7, 11) is 0. The van der Waals surface area contributed by atoms with Crippen molar-refractivity contribution in [1.29, 1.82) is 0 Å². The van der Waals surface area contributed by atoms with Crippen LogP contribution in [0.1, 0.15) is 46.5 Å². The lowest BCUT2D eigenvalue weighted by molar-refractivity contribution is 0.271. The molecule has 1 N–H and O–H groups in total. The molecule has 1 saturated carbocycles. The molecule has 0 aliphatic heterocycles. The molecular formula is C17H27NO. The fourth-order valence-electron chi connectivity index (χ4n) is 2.59. The normalized spacial score (nSPS) is 23.4. The van der Waals surface area contributed by atoms with Gasteiger partial charge in [-0.05, 0) is 49.7 Å². The largest absolute Gasteiger partial charge is 0.491 e. The second kappa shape index (κ2) is 6.83. The molecular weight excluding hydrogens is 234 g/mol. The number of hydrogen-bond acceptors (Lipinski definition) is 2. The van der Waals surface area contributed by atoms with E-state index >= 15 is 0 Å². The van der Waals surface area contributed by atoms with E-state index in [1.807, 2.05) is 6.07 Å². The summed E-state index contributed by atoms with van der Waals surface area (Å²) in [5.74, 6) is 2.45. The molecule has 0 unspecified atom stereocenters. The van der Waals surface area contributed by atoms with Crippen molar-refractivity contribution in [2.45, 2.75) is 52.5 Å². The predicted octanol–water partition coefficient (Wildman–Crippen LogP) is 4.71. The minimum Gasteiger partial charge on any atom is -0.491 e. The summed E-state index contributed by atoms with van der Waals surface area (Å²) in [6.45, 7) is 7.49. The molecule has 0 atom stereocenters. The lowest BCUT2D eigenvalue weighted by atomic mass is 9.87. The van der Waals surface area contributed by atoms with Crippen molar-refractivity contribution in [1.82, 2.24) is 0 Å². The standard InChI is InChI=1S/C17H27NO/c1-13(2)12-19-17-7-5-4-6-16(17)18-15-10-8-14(3)9-11-15/h4-7,13-15,18H,8-12H2,1-3H3. The molecule has 106 valence electrons. The molecule has 0 spiro atoms. The lowest BCUT2D eigenvalue weighted by Crippen LogP contribution is -2.25. The molecule has 0 saturated heterocycles. The Hall–Kier alpha value is -1.18. The van der Waals surface area contributed by atoms with Crippen LogP contribution in [0.2, 0.25) is 0 Å². The predicted molar refractivity (Wildman–Crippen MR) is 81.8 cm³/mol. The van der Waals surface area contributed by atoms with Crippen molar-refractivity contribution in [2.24, 2.45) is 11.8 Å². The van der Waals surface area contributed by atoms with E-state index in [-0.39, 0.29) is 0 Å². The SMILES string of the molecule is CC(C)COc1ccccc1NC1CCC(C)CC1. The van der Waals surface area contributed by atoms with Gasteiger partial charge in [0, 0.05) is 6.04 Å². The van der Waals surface area contributed by atoms with Crippen LogP contribution in [0.25, 0.3) is 0 Å². The number of rotatable bonds is 5. The van der Waals surface area contributed by atoms with Gasteiger partial charge in [-0.3, -0.25) is 0 Å². The van der Waals surface area contributed by atoms with Gasteiger partial charge in [0.15, 0.2) is 0 Å². The molecule has 1 aliphatic rings. The quantitative estimate of drug-likeness (QED) is 0.828. The van der Waals surface area contributed by atoms with Crippen LogP contribution in [0.4, 0.5) is 5.69 Å². The molecule has 0 bridgehead atoms. The van der Waals surface area contributed by atoms with Gasteiger partial charge in [-0.15, -0.1) is 0 Å². The first-order chi connectivity index (χ1) is 9.15. The van der Waals surface area contributed by atoms with Crippen LogP contribution >= 0.6 is 0 Å². The van der Waals surface area contributed by atoms with Crippen LogP contribution in [0.5, 0.6) is 5.75 Å². The van der Waals surface area contributed by atoms with E-state index in [0.717, 1.165) is 24.0 Å². The number of ether oxygens (including phenoxy) is 1. The monoisotopic (exact) mass is 261 g/mol. The Labute approximate surface area is 117 Å². The van der Waals surface area contributed by atoms with Crippen molar-refractivity contribution < 1.29 is 4.74 Å². The smallest absolute Gasteiger partial charge is 0.142 e. The zero-order valence-electron chi connectivity index (χ0n) is 12.5. The van der Waals surface area contributed by atoms with Gasteiger partial charge in [0.1, 0.15) is 5.75 Å². The van der Waals surface area contributed by atoms with Crippen molar-refractivity contribution in [3.05, 3.63) is 24.3 Å². The number of benzene rings is 1. The zero-order chi connectivity index (χ0) is 13.7. The van der Waals surface area contributed by atoms with Gasteiger partial charge in [0.25, 0.3) is 0 Å². The van der Waals surface area contributed by atoms with Gasteiger partial charge in [-0.2, -0.15) is 0 Å². The minimum atomic E-state index is 0.559. The zero-order valence-corrected chi connectivity index (χ0v) is 12.5. The minimum absolute atomic E-state index is 0.559. The number of para-hydroxylation sites is 2. The summed E-state index contributed by atoms with van der Waals surface area (Å²) in [4.78, 5) is 0. The molecule has 2 heteroatoms. The molecule has 0 heterocycles. The Morgan fingerprint density at radius 3 is 2.53 bits per heavy atom.